The van der Waals surface area contributed by atoms with E-state index in [0.29, 0.717) is 18.9 Å². The normalized spacial score (nSPS) is 17.5. The molecule has 0 bridgehead atoms. The molecule has 0 aliphatic carbocycles. The van der Waals surface area contributed by atoms with Crippen molar-refractivity contribution >= 4 is 11.6 Å². The van der Waals surface area contributed by atoms with Crippen LogP contribution in [0.2, 0.25) is 0 Å². The topological polar surface area (TPSA) is 49.6 Å². The van der Waals surface area contributed by atoms with Crippen molar-refractivity contribution in [2.45, 2.75) is 26.2 Å². The zero-order valence-electron chi connectivity index (χ0n) is 13.2. The highest BCUT2D eigenvalue weighted by atomic mass is 16.2. The van der Waals surface area contributed by atoms with Crippen LogP contribution in [0.4, 0.5) is 5.69 Å². The van der Waals surface area contributed by atoms with Gasteiger partial charge in [-0.25, -0.2) is 0 Å². The number of hydrogen-bond acceptors (Lipinski definition) is 3. The molecule has 1 atom stereocenters. The standard InChI is InChI=1S/C17H27N3O/c1-14-12-15-6-3-4-7-16(15)20(13-14)11-8-17(21)19(2)10-5-9-18/h3-4,6-7,14H,5,8-13,18H2,1-2H3. The van der Waals surface area contributed by atoms with Crippen LogP contribution in [-0.4, -0.2) is 44.0 Å². The third kappa shape index (κ3) is 4.21. The smallest absolute Gasteiger partial charge is 0.224 e. The highest BCUT2D eigenvalue weighted by Gasteiger charge is 2.22. The maximum Gasteiger partial charge on any atom is 0.224 e. The zero-order valence-corrected chi connectivity index (χ0v) is 13.2. The minimum Gasteiger partial charge on any atom is -0.371 e. The Hall–Kier alpha value is -1.55. The molecule has 1 aromatic carbocycles. The monoisotopic (exact) mass is 289 g/mol. The largest absolute Gasteiger partial charge is 0.371 e. The summed E-state index contributed by atoms with van der Waals surface area (Å²) in [7, 11) is 1.87. The fourth-order valence-electron chi connectivity index (χ4n) is 2.99. The highest BCUT2D eigenvalue weighted by Crippen LogP contribution is 2.29. The van der Waals surface area contributed by atoms with E-state index >= 15 is 0 Å². The van der Waals surface area contributed by atoms with E-state index in [1.807, 2.05) is 7.05 Å². The number of carbonyl (C=O) groups is 1. The van der Waals surface area contributed by atoms with Gasteiger partial charge in [-0.2, -0.15) is 0 Å². The van der Waals surface area contributed by atoms with Gasteiger partial charge in [0.2, 0.25) is 5.91 Å². The molecule has 0 aromatic heterocycles. The highest BCUT2D eigenvalue weighted by molar-refractivity contribution is 5.76. The van der Waals surface area contributed by atoms with Crippen molar-refractivity contribution in [3.8, 4) is 0 Å². The van der Waals surface area contributed by atoms with Crippen molar-refractivity contribution in [2.75, 3.05) is 38.1 Å². The summed E-state index contributed by atoms with van der Waals surface area (Å²) in [5.41, 5.74) is 8.19. The fourth-order valence-corrected chi connectivity index (χ4v) is 2.99. The minimum atomic E-state index is 0.208. The number of carbonyl (C=O) groups excluding carboxylic acids is 1. The quantitative estimate of drug-likeness (QED) is 0.870. The SMILES string of the molecule is CC1Cc2ccccc2N(CCC(=O)N(C)CCCN)C1. The van der Waals surface area contributed by atoms with Crippen LogP contribution in [0.5, 0.6) is 0 Å². The summed E-state index contributed by atoms with van der Waals surface area (Å²) < 4.78 is 0. The van der Waals surface area contributed by atoms with Crippen LogP contribution < -0.4 is 10.6 Å². The van der Waals surface area contributed by atoms with Gasteiger partial charge in [-0.05, 0) is 36.9 Å². The summed E-state index contributed by atoms with van der Waals surface area (Å²) in [5.74, 6) is 0.851. The third-order valence-electron chi connectivity index (χ3n) is 4.15. The molecule has 1 aromatic rings. The molecule has 0 spiro atoms. The summed E-state index contributed by atoms with van der Waals surface area (Å²) in [6.07, 6.45) is 2.57. The van der Waals surface area contributed by atoms with Crippen LogP contribution in [-0.2, 0) is 11.2 Å². The van der Waals surface area contributed by atoms with Gasteiger partial charge in [-0.3, -0.25) is 4.79 Å². The maximum absolute atomic E-state index is 12.1. The molecule has 0 fully saturated rings. The van der Waals surface area contributed by atoms with Crippen molar-refractivity contribution < 1.29 is 4.79 Å². The molecule has 1 aliphatic heterocycles. The molecule has 1 unspecified atom stereocenters. The van der Waals surface area contributed by atoms with Gasteiger partial charge < -0.3 is 15.5 Å². The number of para-hydroxylation sites is 1. The van der Waals surface area contributed by atoms with E-state index in [4.69, 9.17) is 5.73 Å². The number of fused-ring (bicyclic) bond motifs is 1. The molecule has 2 rings (SSSR count). The second kappa shape index (κ2) is 7.46. The maximum atomic E-state index is 12.1. The molecule has 1 amide bonds. The number of benzene rings is 1. The molecule has 2 N–H and O–H groups in total. The molecule has 1 heterocycles. The number of nitrogens with two attached hydrogens (primary N) is 1. The number of amides is 1. The lowest BCUT2D eigenvalue weighted by molar-refractivity contribution is -0.129. The first-order valence-corrected chi connectivity index (χ1v) is 7.88. The van der Waals surface area contributed by atoms with Gasteiger partial charge in [0.1, 0.15) is 0 Å². The average Bonchev–Trinajstić information content (AvgIpc) is 2.49. The van der Waals surface area contributed by atoms with Crippen molar-refractivity contribution in [1.29, 1.82) is 0 Å². The second-order valence-electron chi connectivity index (χ2n) is 6.09. The Morgan fingerprint density at radius 1 is 1.43 bits per heavy atom. The molecule has 0 radical (unpaired) electrons. The van der Waals surface area contributed by atoms with Crippen molar-refractivity contribution in [3.63, 3.8) is 0 Å². The Balaban J connectivity index is 1.93. The number of hydrogen-bond donors (Lipinski definition) is 1. The molecule has 4 heteroatoms. The van der Waals surface area contributed by atoms with Crippen LogP contribution in [0.15, 0.2) is 24.3 Å². The van der Waals surface area contributed by atoms with Gasteiger partial charge in [0.25, 0.3) is 0 Å². The van der Waals surface area contributed by atoms with Gasteiger partial charge in [0, 0.05) is 38.8 Å². The molecule has 0 saturated heterocycles. The Labute approximate surface area is 127 Å². The van der Waals surface area contributed by atoms with E-state index in [9.17, 15) is 4.79 Å². The Bertz CT molecular complexity index is 475. The first kappa shape index (κ1) is 15.8. The lowest BCUT2D eigenvalue weighted by Crippen LogP contribution is -2.38. The molecular weight excluding hydrogens is 262 g/mol. The summed E-state index contributed by atoms with van der Waals surface area (Å²) >= 11 is 0. The lowest BCUT2D eigenvalue weighted by atomic mass is 9.94. The first-order valence-electron chi connectivity index (χ1n) is 7.88. The molecular formula is C17H27N3O. The predicted octanol–water partition coefficient (Wildman–Crippen LogP) is 1.88. The van der Waals surface area contributed by atoms with Gasteiger partial charge in [-0.15, -0.1) is 0 Å². The molecule has 21 heavy (non-hydrogen) atoms. The zero-order chi connectivity index (χ0) is 15.2. The van der Waals surface area contributed by atoms with Gasteiger partial charge in [0.05, 0.1) is 0 Å². The molecule has 4 nitrogen and oxygen atoms in total. The Morgan fingerprint density at radius 2 is 2.19 bits per heavy atom. The van der Waals surface area contributed by atoms with Crippen LogP contribution in [0.25, 0.3) is 0 Å². The van der Waals surface area contributed by atoms with Crippen LogP contribution >= 0.6 is 0 Å². The van der Waals surface area contributed by atoms with E-state index in [0.717, 1.165) is 32.5 Å². The average molecular weight is 289 g/mol. The summed E-state index contributed by atoms with van der Waals surface area (Å²) in [4.78, 5) is 16.3. The van der Waals surface area contributed by atoms with Crippen molar-refractivity contribution in [2.24, 2.45) is 11.7 Å². The summed E-state index contributed by atoms with van der Waals surface area (Å²) in [6.45, 7) is 5.50. The fraction of sp³-hybridized carbons (Fsp3) is 0.588. The Kier molecular flexibility index (Phi) is 5.62. The van der Waals surface area contributed by atoms with E-state index in [1.54, 1.807) is 4.90 Å². The van der Waals surface area contributed by atoms with Crippen LogP contribution in [0.1, 0.15) is 25.3 Å². The number of anilines is 1. The summed E-state index contributed by atoms with van der Waals surface area (Å²) in [5, 5.41) is 0. The number of nitrogens with zero attached hydrogens (tertiary/aromatic N) is 2. The van der Waals surface area contributed by atoms with Gasteiger partial charge in [-0.1, -0.05) is 25.1 Å². The predicted molar refractivity (Wildman–Crippen MR) is 87.4 cm³/mol. The van der Waals surface area contributed by atoms with Crippen molar-refractivity contribution in [1.82, 2.24) is 4.90 Å². The second-order valence-corrected chi connectivity index (χ2v) is 6.09. The van der Waals surface area contributed by atoms with Crippen LogP contribution in [0, 0.1) is 5.92 Å². The Morgan fingerprint density at radius 3 is 2.95 bits per heavy atom. The van der Waals surface area contributed by atoms with E-state index in [-0.39, 0.29) is 5.91 Å². The third-order valence-corrected chi connectivity index (χ3v) is 4.15. The molecule has 116 valence electrons. The summed E-state index contributed by atoms with van der Waals surface area (Å²) in [6, 6.07) is 8.55. The van der Waals surface area contributed by atoms with E-state index in [1.165, 1.54) is 11.3 Å². The van der Waals surface area contributed by atoms with E-state index < -0.39 is 0 Å². The van der Waals surface area contributed by atoms with Crippen LogP contribution in [0.3, 0.4) is 0 Å². The number of rotatable bonds is 6. The van der Waals surface area contributed by atoms with Gasteiger partial charge >= 0.3 is 0 Å². The lowest BCUT2D eigenvalue weighted by Gasteiger charge is -2.35. The first-order chi connectivity index (χ1) is 10.1. The van der Waals surface area contributed by atoms with Crippen molar-refractivity contribution in [3.05, 3.63) is 29.8 Å². The van der Waals surface area contributed by atoms with E-state index in [2.05, 4.69) is 36.1 Å². The molecule has 1 aliphatic rings. The molecule has 0 saturated carbocycles. The van der Waals surface area contributed by atoms with Gasteiger partial charge in [0.15, 0.2) is 0 Å². The minimum absolute atomic E-state index is 0.208.